The molecular weight excluding hydrogens is 192 g/mol. The van der Waals surface area contributed by atoms with Gasteiger partial charge in [-0.15, -0.1) is 0 Å². The molecule has 88 valence electrons. The Hall–Kier alpha value is -0.410. The molecule has 0 N–H and O–H groups in total. The van der Waals surface area contributed by atoms with Crippen LogP contribution in [-0.2, 0) is 14.3 Å². The van der Waals surface area contributed by atoms with Gasteiger partial charge in [0.25, 0.3) is 0 Å². The average Bonchev–Trinajstić information content (AvgIpc) is 2.10. The Bertz CT molecular complexity index is 193. The molecule has 0 aromatic carbocycles. The predicted molar refractivity (Wildman–Crippen MR) is 58.9 cm³/mol. The number of ketones is 1. The molecule has 2 unspecified atom stereocenters. The fourth-order valence-electron chi connectivity index (χ4n) is 2.05. The summed E-state index contributed by atoms with van der Waals surface area (Å²) in [7, 11) is 0. The molecule has 1 saturated heterocycles. The second-order valence-corrected chi connectivity index (χ2v) is 4.53. The third-order valence-corrected chi connectivity index (χ3v) is 2.68. The van der Waals surface area contributed by atoms with Crippen molar-refractivity contribution in [1.29, 1.82) is 0 Å². The van der Waals surface area contributed by atoms with Crippen LogP contribution in [0, 0.1) is 0 Å². The minimum Gasteiger partial charge on any atom is -0.378 e. The van der Waals surface area contributed by atoms with E-state index < -0.39 is 0 Å². The molecule has 1 fully saturated rings. The predicted octanol–water partition coefficient (Wildman–Crippen LogP) is 2.33. The highest BCUT2D eigenvalue weighted by molar-refractivity contribution is 5.75. The van der Waals surface area contributed by atoms with Crippen molar-refractivity contribution in [2.75, 3.05) is 6.61 Å². The minimum absolute atomic E-state index is 0.243. The number of carbonyl (C=O) groups is 1. The maximum Gasteiger partial charge on any atom is 0.129 e. The molecule has 0 aliphatic carbocycles. The van der Waals surface area contributed by atoms with Crippen LogP contribution in [0.5, 0.6) is 0 Å². The third-order valence-electron chi connectivity index (χ3n) is 2.68. The fraction of sp³-hybridized carbons (Fsp3) is 0.917. The molecule has 15 heavy (non-hydrogen) atoms. The van der Waals surface area contributed by atoms with Crippen molar-refractivity contribution in [1.82, 2.24) is 0 Å². The SMILES string of the molecule is CC(=O)CCCOC1CC(C)OC(C)C1. The van der Waals surface area contributed by atoms with E-state index in [0.717, 1.165) is 19.3 Å². The van der Waals surface area contributed by atoms with E-state index in [1.807, 2.05) is 0 Å². The molecule has 0 aromatic rings. The van der Waals surface area contributed by atoms with Crippen LogP contribution in [0.15, 0.2) is 0 Å². The Morgan fingerprint density at radius 1 is 1.33 bits per heavy atom. The summed E-state index contributed by atoms with van der Waals surface area (Å²) in [5.74, 6) is 0.243. The average molecular weight is 214 g/mol. The highest BCUT2D eigenvalue weighted by Gasteiger charge is 2.24. The van der Waals surface area contributed by atoms with Gasteiger partial charge in [0, 0.05) is 13.0 Å². The molecule has 0 aromatic heterocycles. The zero-order chi connectivity index (χ0) is 11.3. The Kier molecular flexibility index (Phi) is 5.26. The molecule has 0 amide bonds. The quantitative estimate of drug-likeness (QED) is 0.659. The summed E-state index contributed by atoms with van der Waals surface area (Å²) in [4.78, 5) is 10.7. The van der Waals surface area contributed by atoms with Gasteiger partial charge in [0.1, 0.15) is 5.78 Å². The largest absolute Gasteiger partial charge is 0.378 e. The van der Waals surface area contributed by atoms with E-state index in [2.05, 4.69) is 13.8 Å². The van der Waals surface area contributed by atoms with Gasteiger partial charge in [-0.25, -0.2) is 0 Å². The van der Waals surface area contributed by atoms with E-state index in [-0.39, 0.29) is 5.78 Å². The third kappa shape index (κ3) is 5.28. The lowest BCUT2D eigenvalue weighted by atomic mass is 10.0. The lowest BCUT2D eigenvalue weighted by Gasteiger charge is -2.31. The molecule has 2 atom stereocenters. The van der Waals surface area contributed by atoms with Gasteiger partial charge < -0.3 is 14.3 Å². The summed E-state index contributed by atoms with van der Waals surface area (Å²) in [6.07, 6.45) is 4.34. The zero-order valence-corrected chi connectivity index (χ0v) is 9.99. The van der Waals surface area contributed by atoms with E-state index in [9.17, 15) is 4.79 Å². The molecule has 0 saturated carbocycles. The first-order valence-electron chi connectivity index (χ1n) is 5.84. The van der Waals surface area contributed by atoms with Gasteiger partial charge in [-0.05, 0) is 40.0 Å². The normalized spacial score (nSPS) is 31.5. The van der Waals surface area contributed by atoms with Gasteiger partial charge in [0.15, 0.2) is 0 Å². The monoisotopic (exact) mass is 214 g/mol. The molecule has 1 heterocycles. The van der Waals surface area contributed by atoms with Crippen LogP contribution in [0.25, 0.3) is 0 Å². The van der Waals surface area contributed by atoms with Crippen molar-refractivity contribution in [2.45, 2.75) is 64.8 Å². The Balaban J connectivity index is 2.12. The van der Waals surface area contributed by atoms with Crippen molar-refractivity contribution in [3.8, 4) is 0 Å². The lowest BCUT2D eigenvalue weighted by Crippen LogP contribution is -2.34. The molecule has 0 spiro atoms. The summed E-state index contributed by atoms with van der Waals surface area (Å²) < 4.78 is 11.4. The summed E-state index contributed by atoms with van der Waals surface area (Å²) >= 11 is 0. The van der Waals surface area contributed by atoms with Crippen molar-refractivity contribution in [2.24, 2.45) is 0 Å². The summed E-state index contributed by atoms with van der Waals surface area (Å²) in [6.45, 7) is 6.49. The lowest BCUT2D eigenvalue weighted by molar-refractivity contribution is -0.118. The number of Topliss-reactive ketones (excluding diaryl/α,β-unsaturated/α-hetero) is 1. The van der Waals surface area contributed by atoms with Crippen LogP contribution in [0.3, 0.4) is 0 Å². The Labute approximate surface area is 92.1 Å². The van der Waals surface area contributed by atoms with E-state index in [1.54, 1.807) is 6.92 Å². The number of rotatable bonds is 5. The summed E-state index contributed by atoms with van der Waals surface area (Å²) in [5, 5.41) is 0. The first-order valence-corrected chi connectivity index (χ1v) is 5.84. The van der Waals surface area contributed by atoms with Crippen molar-refractivity contribution in [3.05, 3.63) is 0 Å². The number of ether oxygens (including phenoxy) is 2. The summed E-state index contributed by atoms with van der Waals surface area (Å²) in [6, 6.07) is 0. The fourth-order valence-corrected chi connectivity index (χ4v) is 2.05. The van der Waals surface area contributed by atoms with Crippen molar-refractivity contribution >= 4 is 5.78 Å². The van der Waals surface area contributed by atoms with E-state index >= 15 is 0 Å². The van der Waals surface area contributed by atoms with Crippen LogP contribution in [0.4, 0.5) is 0 Å². The second-order valence-electron chi connectivity index (χ2n) is 4.53. The molecule has 3 nitrogen and oxygen atoms in total. The van der Waals surface area contributed by atoms with Crippen molar-refractivity contribution < 1.29 is 14.3 Å². The molecule has 0 radical (unpaired) electrons. The Morgan fingerprint density at radius 2 is 1.93 bits per heavy atom. The zero-order valence-electron chi connectivity index (χ0n) is 9.99. The number of carbonyl (C=O) groups excluding carboxylic acids is 1. The smallest absolute Gasteiger partial charge is 0.129 e. The molecule has 3 heteroatoms. The van der Waals surface area contributed by atoms with Crippen molar-refractivity contribution in [3.63, 3.8) is 0 Å². The molecule has 1 aliphatic heterocycles. The standard InChI is InChI=1S/C12H22O3/c1-9(13)5-4-6-14-12-7-10(2)15-11(3)8-12/h10-12H,4-8H2,1-3H3. The first-order chi connectivity index (χ1) is 7.08. The maximum absolute atomic E-state index is 10.7. The topological polar surface area (TPSA) is 35.5 Å². The minimum atomic E-state index is 0.243. The second kappa shape index (κ2) is 6.23. The van der Waals surface area contributed by atoms with Crippen LogP contribution in [0.1, 0.15) is 46.5 Å². The van der Waals surface area contributed by atoms with Gasteiger partial charge in [-0.3, -0.25) is 0 Å². The summed E-state index contributed by atoms with van der Waals surface area (Å²) in [5.41, 5.74) is 0. The molecule has 1 aliphatic rings. The molecule has 0 bridgehead atoms. The van der Waals surface area contributed by atoms with E-state index in [1.165, 1.54) is 0 Å². The molecular formula is C12H22O3. The Morgan fingerprint density at radius 3 is 2.47 bits per heavy atom. The van der Waals surface area contributed by atoms with Gasteiger partial charge in [-0.2, -0.15) is 0 Å². The van der Waals surface area contributed by atoms with Crippen LogP contribution in [-0.4, -0.2) is 30.7 Å². The number of hydrogen-bond donors (Lipinski definition) is 0. The van der Waals surface area contributed by atoms with E-state index in [4.69, 9.17) is 9.47 Å². The highest BCUT2D eigenvalue weighted by Crippen LogP contribution is 2.21. The maximum atomic E-state index is 10.7. The number of hydrogen-bond acceptors (Lipinski definition) is 3. The van der Waals surface area contributed by atoms with E-state index in [0.29, 0.717) is 31.3 Å². The first kappa shape index (κ1) is 12.7. The van der Waals surface area contributed by atoms with Crippen LogP contribution < -0.4 is 0 Å². The van der Waals surface area contributed by atoms with Gasteiger partial charge in [-0.1, -0.05) is 0 Å². The highest BCUT2D eigenvalue weighted by atomic mass is 16.5. The van der Waals surface area contributed by atoms with Crippen LogP contribution >= 0.6 is 0 Å². The van der Waals surface area contributed by atoms with Gasteiger partial charge in [0.05, 0.1) is 18.3 Å². The van der Waals surface area contributed by atoms with Crippen LogP contribution in [0.2, 0.25) is 0 Å². The molecule has 1 rings (SSSR count). The van der Waals surface area contributed by atoms with Gasteiger partial charge in [0.2, 0.25) is 0 Å². The van der Waals surface area contributed by atoms with Gasteiger partial charge >= 0.3 is 0 Å².